The Bertz CT molecular complexity index is 476. The molecule has 1 heterocycles. The maximum Gasteiger partial charge on any atom is 0.333 e. The van der Waals surface area contributed by atoms with E-state index in [1.54, 1.807) is 12.1 Å². The van der Waals surface area contributed by atoms with E-state index < -0.39 is 24.5 Å². The summed E-state index contributed by atoms with van der Waals surface area (Å²) in [7, 11) is 0. The Morgan fingerprint density at radius 1 is 1.47 bits per heavy atom. The van der Waals surface area contributed by atoms with Crippen molar-refractivity contribution in [2.24, 2.45) is 0 Å². The summed E-state index contributed by atoms with van der Waals surface area (Å²) in [5, 5.41) is 18.6. The fourth-order valence-corrected chi connectivity index (χ4v) is 2.01. The Morgan fingerprint density at radius 2 is 2.21 bits per heavy atom. The van der Waals surface area contributed by atoms with Crippen LogP contribution in [-0.2, 0) is 9.53 Å². The van der Waals surface area contributed by atoms with Crippen molar-refractivity contribution in [1.29, 1.82) is 0 Å². The summed E-state index contributed by atoms with van der Waals surface area (Å²) < 4.78 is 10.8. The standard InChI is InChI=1S/C13H17NO5/c1-7-2-3-10(9(14)4-7)18-12-6-8(15)5-11(19-12)13(16)17/h2-4,8,11-12,15H,5-6,14H2,1H3,(H,16,17). The first kappa shape index (κ1) is 13.6. The van der Waals surface area contributed by atoms with Crippen LogP contribution in [0.15, 0.2) is 18.2 Å². The van der Waals surface area contributed by atoms with Crippen LogP contribution in [0.25, 0.3) is 0 Å². The van der Waals surface area contributed by atoms with Crippen molar-refractivity contribution in [3.8, 4) is 5.75 Å². The van der Waals surface area contributed by atoms with E-state index in [1.165, 1.54) is 0 Å². The van der Waals surface area contributed by atoms with Crippen molar-refractivity contribution in [2.75, 3.05) is 5.73 Å². The second-order valence-corrected chi connectivity index (χ2v) is 4.68. The van der Waals surface area contributed by atoms with Crippen LogP contribution in [-0.4, -0.2) is 34.7 Å². The SMILES string of the molecule is Cc1ccc(OC2CC(O)CC(C(=O)O)O2)c(N)c1. The monoisotopic (exact) mass is 267 g/mol. The second kappa shape index (κ2) is 5.46. The lowest BCUT2D eigenvalue weighted by Crippen LogP contribution is -2.42. The molecule has 0 bridgehead atoms. The number of nitrogens with two attached hydrogens (primary N) is 1. The van der Waals surface area contributed by atoms with Gasteiger partial charge in [0.2, 0.25) is 6.29 Å². The van der Waals surface area contributed by atoms with Gasteiger partial charge in [0.25, 0.3) is 0 Å². The van der Waals surface area contributed by atoms with E-state index in [0.29, 0.717) is 11.4 Å². The highest BCUT2D eigenvalue weighted by Crippen LogP contribution is 2.27. The lowest BCUT2D eigenvalue weighted by atomic mass is 10.1. The van der Waals surface area contributed by atoms with E-state index in [9.17, 15) is 9.90 Å². The van der Waals surface area contributed by atoms with Gasteiger partial charge in [0.15, 0.2) is 6.10 Å². The number of benzene rings is 1. The molecule has 3 atom stereocenters. The van der Waals surface area contributed by atoms with Crippen LogP contribution < -0.4 is 10.5 Å². The van der Waals surface area contributed by atoms with Crippen molar-refractivity contribution in [3.05, 3.63) is 23.8 Å². The first-order chi connectivity index (χ1) is 8.95. The molecule has 6 nitrogen and oxygen atoms in total. The molecule has 0 aliphatic carbocycles. The molecule has 104 valence electrons. The number of hydrogen-bond acceptors (Lipinski definition) is 5. The average Bonchev–Trinajstić information content (AvgIpc) is 2.32. The lowest BCUT2D eigenvalue weighted by Gasteiger charge is -2.31. The van der Waals surface area contributed by atoms with Gasteiger partial charge in [0.1, 0.15) is 5.75 Å². The molecule has 4 N–H and O–H groups in total. The zero-order valence-electron chi connectivity index (χ0n) is 10.6. The molecular formula is C13H17NO5. The molecule has 6 heteroatoms. The normalized spacial score (nSPS) is 26.9. The van der Waals surface area contributed by atoms with Crippen molar-refractivity contribution in [2.45, 2.75) is 38.3 Å². The highest BCUT2D eigenvalue weighted by molar-refractivity contribution is 5.72. The van der Waals surface area contributed by atoms with Crippen LogP contribution in [0.2, 0.25) is 0 Å². The minimum atomic E-state index is -1.11. The Hall–Kier alpha value is -1.79. The van der Waals surface area contributed by atoms with Gasteiger partial charge in [-0.3, -0.25) is 0 Å². The van der Waals surface area contributed by atoms with E-state index in [-0.39, 0.29) is 12.8 Å². The highest BCUT2D eigenvalue weighted by Gasteiger charge is 2.34. The number of aryl methyl sites for hydroxylation is 1. The lowest BCUT2D eigenvalue weighted by molar-refractivity contribution is -0.195. The summed E-state index contributed by atoms with van der Waals surface area (Å²) in [5.41, 5.74) is 7.26. The maximum absolute atomic E-state index is 10.9. The van der Waals surface area contributed by atoms with Gasteiger partial charge in [-0.15, -0.1) is 0 Å². The maximum atomic E-state index is 10.9. The number of anilines is 1. The van der Waals surface area contributed by atoms with Crippen LogP contribution in [0, 0.1) is 6.92 Å². The van der Waals surface area contributed by atoms with Crippen molar-refractivity contribution < 1.29 is 24.5 Å². The van der Waals surface area contributed by atoms with Crippen LogP contribution in [0.5, 0.6) is 5.75 Å². The van der Waals surface area contributed by atoms with Gasteiger partial charge >= 0.3 is 5.97 Å². The molecule has 0 radical (unpaired) electrons. The largest absolute Gasteiger partial charge is 0.479 e. The zero-order chi connectivity index (χ0) is 14.0. The first-order valence-corrected chi connectivity index (χ1v) is 6.05. The molecule has 2 rings (SSSR count). The van der Waals surface area contributed by atoms with Crippen molar-refractivity contribution >= 4 is 11.7 Å². The van der Waals surface area contributed by atoms with Gasteiger partial charge in [-0.1, -0.05) is 6.07 Å². The Labute approximate surface area is 110 Å². The average molecular weight is 267 g/mol. The number of carboxylic acid groups (broad SMARTS) is 1. The van der Waals surface area contributed by atoms with E-state index in [1.807, 2.05) is 13.0 Å². The van der Waals surface area contributed by atoms with Crippen LogP contribution in [0.3, 0.4) is 0 Å². The number of nitrogen functional groups attached to an aromatic ring is 1. The molecule has 1 aliphatic rings. The summed E-state index contributed by atoms with van der Waals surface area (Å²) in [4.78, 5) is 10.9. The fourth-order valence-electron chi connectivity index (χ4n) is 2.01. The number of aliphatic hydroxyl groups excluding tert-OH is 1. The molecule has 0 spiro atoms. The van der Waals surface area contributed by atoms with E-state index >= 15 is 0 Å². The molecular weight excluding hydrogens is 250 g/mol. The van der Waals surface area contributed by atoms with Gasteiger partial charge < -0.3 is 25.4 Å². The summed E-state index contributed by atoms with van der Waals surface area (Å²) in [6.07, 6.45) is -2.34. The Morgan fingerprint density at radius 3 is 2.84 bits per heavy atom. The molecule has 0 aromatic heterocycles. The summed E-state index contributed by atoms with van der Waals surface area (Å²) >= 11 is 0. The van der Waals surface area contributed by atoms with Crippen LogP contribution in [0.1, 0.15) is 18.4 Å². The molecule has 1 saturated heterocycles. The van der Waals surface area contributed by atoms with Gasteiger partial charge in [0, 0.05) is 12.8 Å². The molecule has 1 aromatic rings. The number of carbonyl (C=O) groups is 1. The number of hydrogen-bond donors (Lipinski definition) is 3. The van der Waals surface area contributed by atoms with Crippen LogP contribution in [0.4, 0.5) is 5.69 Å². The first-order valence-electron chi connectivity index (χ1n) is 6.05. The third kappa shape index (κ3) is 3.36. The number of ether oxygens (including phenoxy) is 2. The second-order valence-electron chi connectivity index (χ2n) is 4.68. The van der Waals surface area contributed by atoms with Crippen molar-refractivity contribution in [1.82, 2.24) is 0 Å². The molecule has 3 unspecified atom stereocenters. The molecule has 1 fully saturated rings. The topological polar surface area (TPSA) is 102 Å². The summed E-state index contributed by atoms with van der Waals surface area (Å²) in [6.45, 7) is 1.90. The van der Waals surface area contributed by atoms with E-state index in [0.717, 1.165) is 5.56 Å². The van der Waals surface area contributed by atoms with Gasteiger partial charge in [-0.25, -0.2) is 4.79 Å². The summed E-state index contributed by atoms with van der Waals surface area (Å²) in [6, 6.07) is 5.29. The van der Waals surface area contributed by atoms with Crippen LogP contribution >= 0.6 is 0 Å². The number of aliphatic carboxylic acids is 1. The third-order valence-electron chi connectivity index (χ3n) is 2.97. The predicted molar refractivity (Wildman–Crippen MR) is 67.8 cm³/mol. The highest BCUT2D eigenvalue weighted by atomic mass is 16.7. The zero-order valence-corrected chi connectivity index (χ0v) is 10.6. The van der Waals surface area contributed by atoms with E-state index in [2.05, 4.69) is 0 Å². The molecule has 0 saturated carbocycles. The third-order valence-corrected chi connectivity index (χ3v) is 2.97. The van der Waals surface area contributed by atoms with Gasteiger partial charge in [-0.05, 0) is 24.6 Å². The minimum absolute atomic E-state index is 0.0680. The Balaban J connectivity index is 2.07. The Kier molecular flexibility index (Phi) is 3.92. The fraction of sp³-hybridized carbons (Fsp3) is 0.462. The molecule has 1 aromatic carbocycles. The number of rotatable bonds is 3. The number of carboxylic acids is 1. The van der Waals surface area contributed by atoms with Gasteiger partial charge in [0.05, 0.1) is 11.8 Å². The minimum Gasteiger partial charge on any atom is -0.479 e. The predicted octanol–water partition coefficient (Wildman–Crippen LogP) is 0.907. The molecule has 19 heavy (non-hydrogen) atoms. The quantitative estimate of drug-likeness (QED) is 0.703. The summed E-state index contributed by atoms with van der Waals surface area (Å²) in [5.74, 6) is -0.682. The van der Waals surface area contributed by atoms with Crippen molar-refractivity contribution in [3.63, 3.8) is 0 Å². The smallest absolute Gasteiger partial charge is 0.333 e. The van der Waals surface area contributed by atoms with E-state index in [4.69, 9.17) is 20.3 Å². The van der Waals surface area contributed by atoms with Gasteiger partial charge in [-0.2, -0.15) is 0 Å². The number of aliphatic hydroxyl groups is 1. The molecule has 1 aliphatic heterocycles. The molecule has 0 amide bonds.